The molecule has 0 aromatic heterocycles. The van der Waals surface area contributed by atoms with Crippen LogP contribution in [-0.4, -0.2) is 45.4 Å². The molecule has 1 saturated heterocycles. The first-order valence-corrected chi connectivity index (χ1v) is 11.4. The average Bonchev–Trinajstić information content (AvgIpc) is 2.75. The summed E-state index contributed by atoms with van der Waals surface area (Å²) in [5, 5.41) is 2.91. The average molecular weight is 435 g/mol. The van der Waals surface area contributed by atoms with E-state index in [-0.39, 0.29) is 17.3 Å². The molecule has 0 saturated carbocycles. The molecule has 8 heteroatoms. The van der Waals surface area contributed by atoms with Crippen molar-refractivity contribution in [2.24, 2.45) is 5.92 Å². The fraction of sp³-hybridized carbons (Fsp3) is 0.409. The van der Waals surface area contributed by atoms with Gasteiger partial charge in [-0.25, -0.2) is 12.8 Å². The molecule has 0 spiro atoms. The summed E-state index contributed by atoms with van der Waals surface area (Å²) in [4.78, 5) is 12.6. The number of nitrogens with one attached hydrogen (secondary N) is 1. The predicted octanol–water partition coefficient (Wildman–Crippen LogP) is 2.90. The summed E-state index contributed by atoms with van der Waals surface area (Å²) in [6.07, 6.45) is 1.82. The highest BCUT2D eigenvalue weighted by Gasteiger charge is 2.34. The van der Waals surface area contributed by atoms with E-state index in [4.69, 9.17) is 4.74 Å². The van der Waals surface area contributed by atoms with E-state index >= 15 is 0 Å². The third-order valence-corrected chi connectivity index (χ3v) is 7.42. The van der Waals surface area contributed by atoms with Crippen LogP contribution < -0.4 is 10.1 Å². The number of piperidine rings is 1. The van der Waals surface area contributed by atoms with Crippen LogP contribution in [0.5, 0.6) is 5.75 Å². The number of nitrogens with zero attached hydrogens (tertiary/aromatic N) is 1. The predicted molar refractivity (Wildman–Crippen MR) is 112 cm³/mol. The second-order valence-corrected chi connectivity index (χ2v) is 9.37. The largest absolute Gasteiger partial charge is 0.496 e. The Labute approximate surface area is 177 Å². The molecule has 1 unspecified atom stereocenters. The van der Waals surface area contributed by atoms with E-state index in [9.17, 15) is 17.6 Å². The van der Waals surface area contributed by atoms with Crippen molar-refractivity contribution in [2.45, 2.75) is 31.1 Å². The van der Waals surface area contributed by atoms with Crippen LogP contribution in [0.4, 0.5) is 4.39 Å². The minimum absolute atomic E-state index is 0.0419. The number of amides is 1. The van der Waals surface area contributed by atoms with E-state index in [0.29, 0.717) is 37.9 Å². The van der Waals surface area contributed by atoms with Crippen molar-refractivity contribution >= 4 is 15.9 Å². The monoisotopic (exact) mass is 434 g/mol. The van der Waals surface area contributed by atoms with Gasteiger partial charge in [-0.2, -0.15) is 4.31 Å². The number of carbonyl (C=O) groups excluding carboxylic acids is 1. The van der Waals surface area contributed by atoms with Crippen molar-refractivity contribution in [1.29, 1.82) is 0 Å². The molecular weight excluding hydrogens is 407 g/mol. The second kappa shape index (κ2) is 9.57. The molecule has 1 amide bonds. The summed E-state index contributed by atoms with van der Waals surface area (Å²) in [5.74, 6) is -0.421. The molecule has 0 bridgehead atoms. The van der Waals surface area contributed by atoms with Gasteiger partial charge >= 0.3 is 0 Å². The molecule has 1 heterocycles. The number of rotatable bonds is 7. The number of methoxy groups -OCH3 is 1. The maximum atomic E-state index is 13.6. The van der Waals surface area contributed by atoms with Crippen molar-refractivity contribution in [2.75, 3.05) is 26.7 Å². The first-order valence-electron chi connectivity index (χ1n) is 9.99. The van der Waals surface area contributed by atoms with E-state index in [0.717, 1.165) is 17.4 Å². The van der Waals surface area contributed by atoms with E-state index < -0.39 is 21.8 Å². The minimum atomic E-state index is -3.86. The van der Waals surface area contributed by atoms with Crippen molar-refractivity contribution in [3.8, 4) is 5.75 Å². The lowest BCUT2D eigenvalue weighted by molar-refractivity contribution is -0.126. The van der Waals surface area contributed by atoms with E-state index in [1.165, 1.54) is 16.4 Å². The van der Waals surface area contributed by atoms with Gasteiger partial charge in [0.1, 0.15) is 11.6 Å². The van der Waals surface area contributed by atoms with Crippen LogP contribution in [0.2, 0.25) is 0 Å². The van der Waals surface area contributed by atoms with Crippen LogP contribution in [0.25, 0.3) is 0 Å². The normalized spacial score (nSPS) is 17.5. The molecule has 1 atom stereocenters. The van der Waals surface area contributed by atoms with Gasteiger partial charge in [0.25, 0.3) is 0 Å². The lowest BCUT2D eigenvalue weighted by atomic mass is 9.98. The fourth-order valence-electron chi connectivity index (χ4n) is 3.74. The number of carbonyl (C=O) groups is 1. The van der Waals surface area contributed by atoms with Crippen LogP contribution in [-0.2, 0) is 21.2 Å². The van der Waals surface area contributed by atoms with Crippen LogP contribution in [0.3, 0.4) is 0 Å². The molecule has 1 fully saturated rings. The van der Waals surface area contributed by atoms with Gasteiger partial charge in [0.05, 0.1) is 17.9 Å². The summed E-state index contributed by atoms with van der Waals surface area (Å²) in [6.45, 7) is 2.49. The van der Waals surface area contributed by atoms with E-state index in [1.54, 1.807) is 14.0 Å². The third kappa shape index (κ3) is 4.99. The Bertz CT molecular complexity index is 1010. The Hall–Kier alpha value is -2.45. The Kier molecular flexibility index (Phi) is 7.10. The summed E-state index contributed by atoms with van der Waals surface area (Å²) in [7, 11) is -2.25. The number of para-hydroxylation sites is 1. The SMILES string of the molecule is COc1ccccc1CCNC(=O)C1CCCN(S(=O)(=O)c2cc(F)ccc2C)C1. The Balaban J connectivity index is 1.62. The van der Waals surface area contributed by atoms with Crippen LogP contribution in [0.1, 0.15) is 24.0 Å². The highest BCUT2D eigenvalue weighted by Crippen LogP contribution is 2.26. The van der Waals surface area contributed by atoms with Crippen LogP contribution >= 0.6 is 0 Å². The molecule has 6 nitrogen and oxygen atoms in total. The molecule has 3 rings (SSSR count). The Morgan fingerprint density at radius 2 is 2.03 bits per heavy atom. The van der Waals surface area contributed by atoms with Gasteiger partial charge in [-0.05, 0) is 55.5 Å². The maximum absolute atomic E-state index is 13.6. The van der Waals surface area contributed by atoms with Gasteiger partial charge in [-0.3, -0.25) is 4.79 Å². The molecule has 2 aromatic carbocycles. The van der Waals surface area contributed by atoms with E-state index in [2.05, 4.69) is 5.32 Å². The third-order valence-electron chi connectivity index (χ3n) is 5.41. The number of benzene rings is 2. The summed E-state index contributed by atoms with van der Waals surface area (Å²) in [5.41, 5.74) is 1.48. The molecule has 2 aromatic rings. The lowest BCUT2D eigenvalue weighted by Gasteiger charge is -2.31. The molecule has 30 heavy (non-hydrogen) atoms. The molecule has 1 N–H and O–H groups in total. The van der Waals surface area contributed by atoms with Crippen molar-refractivity contribution in [3.05, 3.63) is 59.4 Å². The number of ether oxygens (including phenoxy) is 1. The number of sulfonamides is 1. The van der Waals surface area contributed by atoms with Gasteiger partial charge in [-0.15, -0.1) is 0 Å². The quantitative estimate of drug-likeness (QED) is 0.727. The molecule has 0 radical (unpaired) electrons. The Morgan fingerprint density at radius 3 is 2.80 bits per heavy atom. The van der Waals surface area contributed by atoms with Crippen molar-refractivity contribution < 1.29 is 22.3 Å². The standard InChI is InChI=1S/C22H27FN2O4S/c1-16-9-10-19(23)14-21(16)30(27,28)25-13-5-7-18(15-25)22(26)24-12-11-17-6-3-4-8-20(17)29-2/h3-4,6,8-10,14,18H,5,7,11-13,15H2,1-2H3,(H,24,26). The van der Waals surface area contributed by atoms with Gasteiger partial charge in [-0.1, -0.05) is 24.3 Å². The number of hydrogen-bond acceptors (Lipinski definition) is 4. The molecule has 0 aliphatic carbocycles. The highest BCUT2D eigenvalue weighted by atomic mass is 32.2. The first kappa shape index (κ1) is 22.2. The summed E-state index contributed by atoms with van der Waals surface area (Å²) >= 11 is 0. The fourth-order valence-corrected chi connectivity index (χ4v) is 5.50. The minimum Gasteiger partial charge on any atom is -0.496 e. The van der Waals surface area contributed by atoms with Gasteiger partial charge in [0.2, 0.25) is 15.9 Å². The zero-order chi connectivity index (χ0) is 21.7. The number of halogens is 1. The topological polar surface area (TPSA) is 75.7 Å². The molecule has 1 aliphatic rings. The van der Waals surface area contributed by atoms with Crippen LogP contribution in [0.15, 0.2) is 47.4 Å². The Morgan fingerprint density at radius 1 is 1.27 bits per heavy atom. The summed E-state index contributed by atoms with van der Waals surface area (Å²) in [6, 6.07) is 11.4. The number of hydrogen-bond donors (Lipinski definition) is 1. The molecule has 162 valence electrons. The molecular formula is C22H27FN2O4S. The van der Waals surface area contributed by atoms with E-state index in [1.807, 2.05) is 24.3 Å². The second-order valence-electron chi connectivity index (χ2n) is 7.46. The lowest BCUT2D eigenvalue weighted by Crippen LogP contribution is -2.45. The highest BCUT2D eigenvalue weighted by molar-refractivity contribution is 7.89. The smallest absolute Gasteiger partial charge is 0.243 e. The van der Waals surface area contributed by atoms with Crippen LogP contribution in [0, 0.1) is 18.7 Å². The maximum Gasteiger partial charge on any atom is 0.243 e. The zero-order valence-electron chi connectivity index (χ0n) is 17.2. The zero-order valence-corrected chi connectivity index (χ0v) is 18.0. The summed E-state index contributed by atoms with van der Waals surface area (Å²) < 4.78 is 46.3. The first-order chi connectivity index (χ1) is 14.3. The van der Waals surface area contributed by atoms with Crippen molar-refractivity contribution in [1.82, 2.24) is 9.62 Å². The van der Waals surface area contributed by atoms with Crippen molar-refractivity contribution in [3.63, 3.8) is 0 Å². The van der Waals surface area contributed by atoms with Gasteiger partial charge in [0, 0.05) is 19.6 Å². The van der Waals surface area contributed by atoms with Gasteiger partial charge < -0.3 is 10.1 Å². The molecule has 1 aliphatic heterocycles. The number of aryl methyl sites for hydroxylation is 1. The van der Waals surface area contributed by atoms with Gasteiger partial charge in [0.15, 0.2) is 0 Å².